The Labute approximate surface area is 105 Å². The molecule has 0 saturated carbocycles. The third kappa shape index (κ3) is 1.66. The van der Waals surface area contributed by atoms with Gasteiger partial charge < -0.3 is 14.4 Å². The van der Waals surface area contributed by atoms with Crippen molar-refractivity contribution in [3.63, 3.8) is 0 Å². The van der Waals surface area contributed by atoms with Crippen LogP contribution in [-0.2, 0) is 6.54 Å². The predicted octanol–water partition coefficient (Wildman–Crippen LogP) is 2.84. The van der Waals surface area contributed by atoms with Gasteiger partial charge >= 0.3 is 5.97 Å². The van der Waals surface area contributed by atoms with E-state index in [-0.39, 0.29) is 5.69 Å². The Morgan fingerprint density at radius 1 is 1.56 bits per heavy atom. The SMILES string of the molecule is C=CCn1c(C(=O)O)c(C)c2cccc(OC)c21. The molecule has 0 unspecified atom stereocenters. The highest BCUT2D eigenvalue weighted by atomic mass is 16.5. The van der Waals surface area contributed by atoms with Gasteiger partial charge in [0, 0.05) is 11.9 Å². The van der Waals surface area contributed by atoms with E-state index in [1.165, 1.54) is 0 Å². The van der Waals surface area contributed by atoms with Crippen LogP contribution in [0.1, 0.15) is 16.1 Å². The first-order chi connectivity index (χ1) is 8.61. The van der Waals surface area contributed by atoms with Gasteiger partial charge in [0.2, 0.25) is 0 Å². The lowest BCUT2D eigenvalue weighted by Gasteiger charge is -2.08. The van der Waals surface area contributed by atoms with Gasteiger partial charge in [0.1, 0.15) is 11.4 Å². The largest absolute Gasteiger partial charge is 0.495 e. The molecule has 0 fully saturated rings. The number of aromatic nitrogens is 1. The number of carboxylic acids is 1. The number of methoxy groups -OCH3 is 1. The number of para-hydroxylation sites is 1. The summed E-state index contributed by atoms with van der Waals surface area (Å²) in [6.45, 7) is 5.92. The number of rotatable bonds is 4. The molecule has 1 N–H and O–H groups in total. The van der Waals surface area contributed by atoms with Gasteiger partial charge in [0.05, 0.1) is 12.6 Å². The van der Waals surface area contributed by atoms with E-state index >= 15 is 0 Å². The molecule has 1 aromatic carbocycles. The molecule has 0 bridgehead atoms. The van der Waals surface area contributed by atoms with Crippen molar-refractivity contribution in [2.45, 2.75) is 13.5 Å². The van der Waals surface area contributed by atoms with Crippen molar-refractivity contribution in [1.29, 1.82) is 0 Å². The number of hydrogen-bond acceptors (Lipinski definition) is 2. The van der Waals surface area contributed by atoms with Crippen molar-refractivity contribution in [3.8, 4) is 5.75 Å². The van der Waals surface area contributed by atoms with Crippen molar-refractivity contribution < 1.29 is 14.6 Å². The molecular formula is C14H15NO3. The molecule has 1 heterocycles. The van der Waals surface area contributed by atoms with Gasteiger partial charge in [-0.15, -0.1) is 6.58 Å². The summed E-state index contributed by atoms with van der Waals surface area (Å²) >= 11 is 0. The summed E-state index contributed by atoms with van der Waals surface area (Å²) in [6, 6.07) is 5.59. The third-order valence-electron chi connectivity index (χ3n) is 3.03. The third-order valence-corrected chi connectivity index (χ3v) is 3.03. The van der Waals surface area contributed by atoms with E-state index in [1.54, 1.807) is 17.8 Å². The molecule has 0 radical (unpaired) electrons. The van der Waals surface area contributed by atoms with Crippen molar-refractivity contribution in [3.05, 3.63) is 42.1 Å². The minimum Gasteiger partial charge on any atom is -0.495 e. The highest BCUT2D eigenvalue weighted by Crippen LogP contribution is 2.32. The molecule has 0 aliphatic heterocycles. The van der Waals surface area contributed by atoms with Crippen LogP contribution in [0.3, 0.4) is 0 Å². The maximum absolute atomic E-state index is 11.4. The first-order valence-electron chi connectivity index (χ1n) is 5.61. The van der Waals surface area contributed by atoms with Gasteiger partial charge in [-0.3, -0.25) is 0 Å². The Morgan fingerprint density at radius 3 is 2.83 bits per heavy atom. The maximum Gasteiger partial charge on any atom is 0.352 e. The number of carboxylic acid groups (broad SMARTS) is 1. The van der Waals surface area contributed by atoms with Crippen molar-refractivity contribution in [2.75, 3.05) is 7.11 Å². The van der Waals surface area contributed by atoms with Crippen LogP contribution in [0.15, 0.2) is 30.9 Å². The van der Waals surface area contributed by atoms with Crippen LogP contribution in [-0.4, -0.2) is 22.8 Å². The van der Waals surface area contributed by atoms with Gasteiger partial charge in [0.15, 0.2) is 0 Å². The standard InChI is InChI=1S/C14H15NO3/c1-4-8-15-12(14(16)17)9(2)10-6-5-7-11(18-3)13(10)15/h4-7H,1,8H2,2-3H3,(H,16,17). The molecule has 18 heavy (non-hydrogen) atoms. The number of allylic oxidation sites excluding steroid dienone is 1. The normalized spacial score (nSPS) is 10.6. The zero-order valence-electron chi connectivity index (χ0n) is 10.4. The van der Waals surface area contributed by atoms with E-state index in [0.717, 1.165) is 16.5 Å². The molecule has 2 rings (SSSR count). The van der Waals surface area contributed by atoms with Gasteiger partial charge in [-0.05, 0) is 18.6 Å². The highest BCUT2D eigenvalue weighted by Gasteiger charge is 2.20. The van der Waals surface area contributed by atoms with E-state index in [0.29, 0.717) is 12.3 Å². The molecule has 0 amide bonds. The lowest BCUT2D eigenvalue weighted by Crippen LogP contribution is -2.09. The van der Waals surface area contributed by atoms with Gasteiger partial charge in [0.25, 0.3) is 0 Å². The average molecular weight is 245 g/mol. The second-order valence-electron chi connectivity index (χ2n) is 4.03. The Bertz CT molecular complexity index is 625. The molecule has 0 aliphatic rings. The summed E-state index contributed by atoms with van der Waals surface area (Å²) in [4.78, 5) is 11.4. The number of benzene rings is 1. The molecule has 1 aromatic heterocycles. The first kappa shape index (κ1) is 12.2. The summed E-state index contributed by atoms with van der Waals surface area (Å²) < 4.78 is 7.04. The fraction of sp³-hybridized carbons (Fsp3) is 0.214. The Morgan fingerprint density at radius 2 is 2.28 bits per heavy atom. The van der Waals surface area contributed by atoms with Crippen LogP contribution in [0.5, 0.6) is 5.75 Å². The fourth-order valence-corrected chi connectivity index (χ4v) is 2.30. The molecule has 2 aromatic rings. The average Bonchev–Trinajstić information content (AvgIpc) is 2.63. The maximum atomic E-state index is 11.4. The van der Waals surface area contributed by atoms with Crippen LogP contribution in [0, 0.1) is 6.92 Å². The summed E-state index contributed by atoms with van der Waals surface area (Å²) in [5.74, 6) is -0.266. The Balaban J connectivity index is 2.92. The number of nitrogens with zero attached hydrogens (tertiary/aromatic N) is 1. The zero-order valence-corrected chi connectivity index (χ0v) is 10.4. The van der Waals surface area contributed by atoms with E-state index < -0.39 is 5.97 Å². The molecular weight excluding hydrogens is 230 g/mol. The number of fused-ring (bicyclic) bond motifs is 1. The lowest BCUT2D eigenvalue weighted by atomic mass is 10.1. The summed E-state index contributed by atoms with van der Waals surface area (Å²) in [6.07, 6.45) is 1.68. The molecule has 0 saturated heterocycles. The van der Waals surface area contributed by atoms with E-state index in [4.69, 9.17) is 4.74 Å². The monoisotopic (exact) mass is 245 g/mol. The van der Waals surface area contributed by atoms with E-state index in [9.17, 15) is 9.90 Å². The number of carbonyl (C=O) groups is 1. The fourth-order valence-electron chi connectivity index (χ4n) is 2.30. The molecule has 94 valence electrons. The lowest BCUT2D eigenvalue weighted by molar-refractivity contribution is 0.0685. The first-order valence-corrected chi connectivity index (χ1v) is 5.61. The van der Waals surface area contributed by atoms with Crippen molar-refractivity contribution in [2.24, 2.45) is 0 Å². The second kappa shape index (κ2) is 4.56. The van der Waals surface area contributed by atoms with Crippen molar-refractivity contribution in [1.82, 2.24) is 4.57 Å². The Kier molecular flexibility index (Phi) is 3.10. The second-order valence-corrected chi connectivity index (χ2v) is 4.03. The minimum absolute atomic E-state index is 0.286. The molecule has 0 atom stereocenters. The molecule has 4 nitrogen and oxygen atoms in total. The summed E-state index contributed by atoms with van der Waals surface area (Å²) in [5, 5.41) is 10.2. The quantitative estimate of drug-likeness (QED) is 0.843. The summed E-state index contributed by atoms with van der Waals surface area (Å²) in [7, 11) is 1.58. The van der Waals surface area contributed by atoms with E-state index in [1.807, 2.05) is 25.1 Å². The topological polar surface area (TPSA) is 51.5 Å². The van der Waals surface area contributed by atoms with Crippen LogP contribution < -0.4 is 4.74 Å². The molecule has 0 spiro atoms. The van der Waals surface area contributed by atoms with Gasteiger partial charge in [-0.1, -0.05) is 18.2 Å². The predicted molar refractivity (Wildman–Crippen MR) is 70.4 cm³/mol. The number of aryl methyl sites for hydroxylation is 1. The number of aromatic carboxylic acids is 1. The van der Waals surface area contributed by atoms with Crippen LogP contribution in [0.2, 0.25) is 0 Å². The molecule has 4 heteroatoms. The highest BCUT2D eigenvalue weighted by molar-refractivity contribution is 6.00. The summed E-state index contributed by atoms with van der Waals surface area (Å²) in [5.41, 5.74) is 1.84. The number of hydrogen-bond donors (Lipinski definition) is 1. The van der Waals surface area contributed by atoms with Crippen LogP contribution in [0.25, 0.3) is 10.9 Å². The smallest absolute Gasteiger partial charge is 0.352 e. The van der Waals surface area contributed by atoms with E-state index in [2.05, 4.69) is 6.58 Å². The number of ether oxygens (including phenoxy) is 1. The van der Waals surface area contributed by atoms with Crippen LogP contribution >= 0.6 is 0 Å². The van der Waals surface area contributed by atoms with Gasteiger partial charge in [-0.2, -0.15) is 0 Å². The van der Waals surface area contributed by atoms with Gasteiger partial charge in [-0.25, -0.2) is 4.79 Å². The molecule has 0 aliphatic carbocycles. The zero-order chi connectivity index (χ0) is 13.3. The van der Waals surface area contributed by atoms with Crippen LogP contribution in [0.4, 0.5) is 0 Å². The Hall–Kier alpha value is -2.23. The minimum atomic E-state index is -0.937. The van der Waals surface area contributed by atoms with Crippen molar-refractivity contribution >= 4 is 16.9 Å².